The molecule has 0 fully saturated rings. The highest BCUT2D eigenvalue weighted by molar-refractivity contribution is 9.10. The van der Waals surface area contributed by atoms with Crippen molar-refractivity contribution in [1.29, 1.82) is 0 Å². The summed E-state index contributed by atoms with van der Waals surface area (Å²) in [5.41, 5.74) is 0.710. The standard InChI is InChI=1S/C20H12BrNO5/c21-12-5-6-13-11(7-19(24)27-17(13)8-12)10-26-20(25)15-9-18(23)22-16-4-2-1-3-14(15)16/h1-9H,10H2,(H,22,23). The van der Waals surface area contributed by atoms with E-state index in [4.69, 9.17) is 9.15 Å². The Hall–Kier alpha value is -3.19. The zero-order valence-corrected chi connectivity index (χ0v) is 15.4. The number of para-hydroxylation sites is 1. The van der Waals surface area contributed by atoms with Gasteiger partial charge < -0.3 is 14.1 Å². The summed E-state index contributed by atoms with van der Waals surface area (Å²) in [5, 5.41) is 1.25. The van der Waals surface area contributed by atoms with Gasteiger partial charge in [0.15, 0.2) is 0 Å². The number of hydrogen-bond acceptors (Lipinski definition) is 5. The Kier molecular flexibility index (Phi) is 4.37. The minimum absolute atomic E-state index is 0.121. The third kappa shape index (κ3) is 3.41. The number of H-pyrrole nitrogens is 1. The van der Waals surface area contributed by atoms with E-state index in [1.54, 1.807) is 42.5 Å². The molecule has 0 amide bonds. The maximum absolute atomic E-state index is 12.6. The molecular weight excluding hydrogens is 414 g/mol. The Morgan fingerprint density at radius 1 is 1.04 bits per heavy atom. The molecule has 0 aliphatic rings. The van der Waals surface area contributed by atoms with E-state index in [0.29, 0.717) is 27.4 Å². The van der Waals surface area contributed by atoms with E-state index in [2.05, 4.69) is 20.9 Å². The van der Waals surface area contributed by atoms with Gasteiger partial charge in [-0.05, 0) is 24.3 Å². The van der Waals surface area contributed by atoms with E-state index in [9.17, 15) is 14.4 Å². The number of carbonyl (C=O) groups excluding carboxylic acids is 1. The summed E-state index contributed by atoms with van der Waals surface area (Å²) in [6.45, 7) is -0.121. The van der Waals surface area contributed by atoms with E-state index >= 15 is 0 Å². The first kappa shape index (κ1) is 17.2. The first-order valence-corrected chi connectivity index (χ1v) is 8.82. The lowest BCUT2D eigenvalue weighted by Gasteiger charge is -2.09. The highest BCUT2D eigenvalue weighted by Crippen LogP contribution is 2.23. The Morgan fingerprint density at radius 2 is 1.85 bits per heavy atom. The Bertz CT molecular complexity index is 1310. The lowest BCUT2D eigenvalue weighted by Crippen LogP contribution is -2.13. The SMILES string of the molecule is O=C(OCc1cc(=O)oc2cc(Br)ccc12)c1cc(=O)[nH]c2ccccc12. The predicted molar refractivity (Wildman–Crippen MR) is 104 cm³/mol. The molecule has 7 heteroatoms. The van der Waals surface area contributed by atoms with Crippen molar-refractivity contribution < 1.29 is 13.9 Å². The molecule has 0 radical (unpaired) electrons. The number of carbonyl (C=O) groups is 1. The topological polar surface area (TPSA) is 89.4 Å². The highest BCUT2D eigenvalue weighted by Gasteiger charge is 2.15. The smallest absolute Gasteiger partial charge is 0.339 e. The molecule has 4 rings (SSSR count). The largest absolute Gasteiger partial charge is 0.457 e. The number of pyridine rings is 1. The maximum Gasteiger partial charge on any atom is 0.339 e. The molecule has 0 atom stereocenters. The zero-order chi connectivity index (χ0) is 19.0. The number of aromatic amines is 1. The van der Waals surface area contributed by atoms with Gasteiger partial charge in [-0.25, -0.2) is 9.59 Å². The molecule has 0 saturated heterocycles. The maximum atomic E-state index is 12.6. The van der Waals surface area contributed by atoms with E-state index < -0.39 is 17.2 Å². The van der Waals surface area contributed by atoms with Crippen LogP contribution in [0.4, 0.5) is 0 Å². The zero-order valence-electron chi connectivity index (χ0n) is 13.8. The number of nitrogens with one attached hydrogen (secondary N) is 1. The molecule has 2 heterocycles. The van der Waals surface area contributed by atoms with Gasteiger partial charge in [0.05, 0.1) is 5.56 Å². The highest BCUT2D eigenvalue weighted by atomic mass is 79.9. The number of rotatable bonds is 3. The van der Waals surface area contributed by atoms with Crippen molar-refractivity contribution in [3.63, 3.8) is 0 Å². The van der Waals surface area contributed by atoms with Crippen LogP contribution in [0.5, 0.6) is 0 Å². The monoisotopic (exact) mass is 425 g/mol. The third-order valence-electron chi connectivity index (χ3n) is 4.12. The molecule has 1 N–H and O–H groups in total. The molecular formula is C20H12BrNO5. The van der Waals surface area contributed by atoms with Crippen LogP contribution in [-0.4, -0.2) is 11.0 Å². The second-order valence-electron chi connectivity index (χ2n) is 5.90. The summed E-state index contributed by atoms with van der Waals surface area (Å²) in [6.07, 6.45) is 0. The predicted octanol–water partition coefficient (Wildman–Crippen LogP) is 3.75. The third-order valence-corrected chi connectivity index (χ3v) is 4.61. The van der Waals surface area contributed by atoms with Crippen molar-refractivity contribution in [3.05, 3.63) is 91.0 Å². The summed E-state index contributed by atoms with van der Waals surface area (Å²) in [4.78, 5) is 38.8. The Morgan fingerprint density at radius 3 is 2.70 bits per heavy atom. The number of aromatic nitrogens is 1. The average molecular weight is 426 g/mol. The quantitative estimate of drug-likeness (QED) is 0.398. The average Bonchev–Trinajstić information content (AvgIpc) is 2.64. The van der Waals surface area contributed by atoms with Gasteiger partial charge in [-0.15, -0.1) is 0 Å². The fraction of sp³-hybridized carbons (Fsp3) is 0.0500. The lowest BCUT2D eigenvalue weighted by atomic mass is 10.1. The summed E-state index contributed by atoms with van der Waals surface area (Å²) >= 11 is 3.32. The van der Waals surface area contributed by atoms with E-state index in [-0.39, 0.29) is 12.2 Å². The van der Waals surface area contributed by atoms with Crippen molar-refractivity contribution in [2.24, 2.45) is 0 Å². The van der Waals surface area contributed by atoms with Crippen molar-refractivity contribution in [2.75, 3.05) is 0 Å². The number of ether oxygens (including phenoxy) is 1. The van der Waals surface area contributed by atoms with Gasteiger partial charge in [-0.2, -0.15) is 0 Å². The first-order chi connectivity index (χ1) is 13.0. The second-order valence-corrected chi connectivity index (χ2v) is 6.82. The van der Waals surface area contributed by atoms with Crippen molar-refractivity contribution >= 4 is 43.8 Å². The molecule has 6 nitrogen and oxygen atoms in total. The van der Waals surface area contributed by atoms with Crippen molar-refractivity contribution in [1.82, 2.24) is 4.98 Å². The number of esters is 1. The molecule has 134 valence electrons. The van der Waals surface area contributed by atoms with E-state index in [1.807, 2.05) is 0 Å². The minimum atomic E-state index is -0.643. The van der Waals surface area contributed by atoms with Crippen LogP contribution in [0, 0.1) is 0 Å². The Balaban J connectivity index is 1.69. The summed E-state index contributed by atoms with van der Waals surface area (Å²) in [6, 6.07) is 14.7. The summed E-state index contributed by atoms with van der Waals surface area (Å²) < 4.78 is 11.3. The summed E-state index contributed by atoms with van der Waals surface area (Å²) in [7, 11) is 0. The molecule has 0 bridgehead atoms. The molecule has 0 aliphatic carbocycles. The van der Waals surface area contributed by atoms with Gasteiger partial charge in [-0.1, -0.05) is 34.1 Å². The number of halogens is 1. The van der Waals surface area contributed by atoms with Crippen LogP contribution in [-0.2, 0) is 11.3 Å². The van der Waals surface area contributed by atoms with Gasteiger partial charge in [0.1, 0.15) is 12.2 Å². The molecule has 27 heavy (non-hydrogen) atoms. The molecule has 0 spiro atoms. The lowest BCUT2D eigenvalue weighted by molar-refractivity contribution is 0.0476. The molecule has 2 aromatic carbocycles. The minimum Gasteiger partial charge on any atom is -0.457 e. The van der Waals surface area contributed by atoms with Gasteiger partial charge in [0, 0.05) is 38.5 Å². The molecule has 0 unspecified atom stereocenters. The van der Waals surface area contributed by atoms with Gasteiger partial charge >= 0.3 is 11.6 Å². The fourth-order valence-corrected chi connectivity index (χ4v) is 3.26. The first-order valence-electron chi connectivity index (χ1n) is 8.03. The molecule has 0 saturated carbocycles. The van der Waals surface area contributed by atoms with Crippen LogP contribution in [0.3, 0.4) is 0 Å². The normalized spacial score (nSPS) is 11.0. The Labute approximate surface area is 160 Å². The second kappa shape index (κ2) is 6.85. The van der Waals surface area contributed by atoms with Crippen LogP contribution < -0.4 is 11.2 Å². The molecule has 4 aromatic rings. The van der Waals surface area contributed by atoms with Gasteiger partial charge in [0.2, 0.25) is 5.56 Å². The fourth-order valence-electron chi connectivity index (χ4n) is 2.92. The van der Waals surface area contributed by atoms with Crippen molar-refractivity contribution in [2.45, 2.75) is 6.61 Å². The van der Waals surface area contributed by atoms with Crippen LogP contribution in [0.25, 0.3) is 21.9 Å². The van der Waals surface area contributed by atoms with Crippen LogP contribution in [0.15, 0.2) is 73.1 Å². The molecule has 0 aliphatic heterocycles. The van der Waals surface area contributed by atoms with Crippen LogP contribution >= 0.6 is 15.9 Å². The summed E-state index contributed by atoms with van der Waals surface area (Å²) in [5.74, 6) is -0.643. The number of benzene rings is 2. The van der Waals surface area contributed by atoms with Crippen LogP contribution in [0.2, 0.25) is 0 Å². The van der Waals surface area contributed by atoms with Crippen LogP contribution in [0.1, 0.15) is 15.9 Å². The van der Waals surface area contributed by atoms with Gasteiger partial charge in [-0.3, -0.25) is 4.79 Å². The van der Waals surface area contributed by atoms with E-state index in [0.717, 1.165) is 4.47 Å². The number of fused-ring (bicyclic) bond motifs is 2. The van der Waals surface area contributed by atoms with Crippen molar-refractivity contribution in [3.8, 4) is 0 Å². The number of hydrogen-bond donors (Lipinski definition) is 1. The molecule has 2 aromatic heterocycles. The van der Waals surface area contributed by atoms with E-state index in [1.165, 1.54) is 12.1 Å². The van der Waals surface area contributed by atoms with Gasteiger partial charge in [0.25, 0.3) is 0 Å².